The van der Waals surface area contributed by atoms with Gasteiger partial charge in [0.2, 0.25) is 5.88 Å². The molecule has 0 bridgehead atoms. The Kier molecular flexibility index (Phi) is 4.21. The van der Waals surface area contributed by atoms with Gasteiger partial charge in [-0.15, -0.1) is 0 Å². The number of hydrogen-bond acceptors (Lipinski definition) is 6. The van der Waals surface area contributed by atoms with Crippen LogP contribution in [0.25, 0.3) is 0 Å². The number of nitrogens with zero attached hydrogens (tertiary/aromatic N) is 2. The minimum Gasteiger partial charge on any atom is -0.493 e. The van der Waals surface area contributed by atoms with Crippen LogP contribution in [0.4, 0.5) is 9.59 Å². The van der Waals surface area contributed by atoms with Gasteiger partial charge in [0.1, 0.15) is 11.2 Å². The molecular formula is C13H20N2O6. The van der Waals surface area contributed by atoms with Crippen LogP contribution in [0.2, 0.25) is 0 Å². The third-order valence-electron chi connectivity index (χ3n) is 2.04. The van der Waals surface area contributed by atoms with Crippen molar-refractivity contribution < 1.29 is 24.2 Å². The molecule has 0 atom stereocenters. The number of carbonyl (C=O) groups is 2. The summed E-state index contributed by atoms with van der Waals surface area (Å²) in [6.07, 6.45) is -1.27. The standard InChI is InChI=1S/C13H20N2O6/c1-12(2,3)20-10(18)14-7-8(16)15(9(14)17)11(19)21-13(4,5)6/h7,16H,1-6H3. The van der Waals surface area contributed by atoms with E-state index >= 15 is 0 Å². The third kappa shape index (κ3) is 4.37. The molecule has 0 spiro atoms. The van der Waals surface area contributed by atoms with Crippen LogP contribution < -0.4 is 5.69 Å². The number of ether oxygens (including phenoxy) is 2. The largest absolute Gasteiger partial charge is 0.493 e. The van der Waals surface area contributed by atoms with Crippen LogP contribution in [0.5, 0.6) is 5.88 Å². The van der Waals surface area contributed by atoms with Crippen molar-refractivity contribution in [2.45, 2.75) is 52.7 Å². The molecular weight excluding hydrogens is 280 g/mol. The van der Waals surface area contributed by atoms with Crippen molar-refractivity contribution in [1.82, 2.24) is 9.13 Å². The first-order chi connectivity index (χ1) is 9.32. The lowest BCUT2D eigenvalue weighted by Gasteiger charge is -2.19. The lowest BCUT2D eigenvalue weighted by Crippen LogP contribution is -2.37. The highest BCUT2D eigenvalue weighted by atomic mass is 16.6. The van der Waals surface area contributed by atoms with Crippen LogP contribution in [0.1, 0.15) is 41.5 Å². The topological polar surface area (TPSA) is 99.8 Å². The normalized spacial score (nSPS) is 12.1. The van der Waals surface area contributed by atoms with Gasteiger partial charge in [0, 0.05) is 0 Å². The summed E-state index contributed by atoms with van der Waals surface area (Å²) in [4.78, 5) is 35.7. The Morgan fingerprint density at radius 3 is 1.86 bits per heavy atom. The Bertz CT molecular complexity index is 612. The first-order valence-electron chi connectivity index (χ1n) is 6.32. The van der Waals surface area contributed by atoms with E-state index in [4.69, 9.17) is 9.47 Å². The van der Waals surface area contributed by atoms with E-state index in [2.05, 4.69) is 0 Å². The molecule has 0 fully saturated rings. The van der Waals surface area contributed by atoms with Gasteiger partial charge in [-0.05, 0) is 41.5 Å². The smallest absolute Gasteiger partial charge is 0.425 e. The van der Waals surface area contributed by atoms with E-state index in [1.807, 2.05) is 0 Å². The first-order valence-corrected chi connectivity index (χ1v) is 6.32. The molecule has 8 heteroatoms. The molecule has 1 aromatic rings. The van der Waals surface area contributed by atoms with Crippen LogP contribution in [0.3, 0.4) is 0 Å². The third-order valence-corrected chi connectivity index (χ3v) is 2.04. The lowest BCUT2D eigenvalue weighted by molar-refractivity contribution is 0.0507. The van der Waals surface area contributed by atoms with Gasteiger partial charge in [-0.3, -0.25) is 0 Å². The molecule has 118 valence electrons. The Morgan fingerprint density at radius 2 is 1.43 bits per heavy atom. The molecule has 1 rings (SSSR count). The summed E-state index contributed by atoms with van der Waals surface area (Å²) >= 11 is 0. The van der Waals surface area contributed by atoms with Gasteiger partial charge < -0.3 is 14.6 Å². The highest BCUT2D eigenvalue weighted by Gasteiger charge is 2.27. The predicted molar refractivity (Wildman–Crippen MR) is 73.6 cm³/mol. The summed E-state index contributed by atoms with van der Waals surface area (Å²) in [6.45, 7) is 9.70. The molecule has 21 heavy (non-hydrogen) atoms. The van der Waals surface area contributed by atoms with Crippen LogP contribution in [0.15, 0.2) is 11.0 Å². The predicted octanol–water partition coefficient (Wildman–Crippen LogP) is 1.92. The Balaban J connectivity index is 3.15. The maximum Gasteiger partial charge on any atom is 0.425 e. The quantitative estimate of drug-likeness (QED) is 0.785. The van der Waals surface area contributed by atoms with E-state index in [0.717, 1.165) is 6.20 Å². The molecule has 0 amide bonds. The summed E-state index contributed by atoms with van der Waals surface area (Å²) < 4.78 is 10.8. The second-order valence-corrected chi connectivity index (χ2v) is 6.44. The van der Waals surface area contributed by atoms with Crippen LogP contribution in [0, 0.1) is 0 Å². The molecule has 1 aromatic heterocycles. The average molecular weight is 300 g/mol. The number of hydrogen-bond donors (Lipinski definition) is 1. The van der Waals surface area contributed by atoms with Crippen molar-refractivity contribution in [1.29, 1.82) is 0 Å². The van der Waals surface area contributed by atoms with Gasteiger partial charge in [-0.2, -0.15) is 9.13 Å². The van der Waals surface area contributed by atoms with Gasteiger partial charge >= 0.3 is 17.9 Å². The second kappa shape index (κ2) is 5.27. The van der Waals surface area contributed by atoms with Gasteiger partial charge in [-0.1, -0.05) is 0 Å². The maximum atomic E-state index is 12.0. The maximum absolute atomic E-state index is 12.0. The zero-order valence-electron chi connectivity index (χ0n) is 13.0. The van der Waals surface area contributed by atoms with Crippen molar-refractivity contribution in [3.63, 3.8) is 0 Å². The van der Waals surface area contributed by atoms with Crippen LogP contribution in [-0.2, 0) is 9.47 Å². The summed E-state index contributed by atoms with van der Waals surface area (Å²) in [5.41, 5.74) is -2.73. The van der Waals surface area contributed by atoms with E-state index in [0.29, 0.717) is 9.13 Å². The number of carbonyl (C=O) groups excluding carboxylic acids is 2. The SMILES string of the molecule is CC(C)(C)OC(=O)n1cc(O)n(C(=O)OC(C)(C)C)c1=O. The molecule has 1 heterocycles. The van der Waals surface area contributed by atoms with Crippen LogP contribution in [-0.4, -0.2) is 37.6 Å². The zero-order valence-corrected chi connectivity index (χ0v) is 13.0. The first kappa shape index (κ1) is 16.8. The summed E-state index contributed by atoms with van der Waals surface area (Å²) in [6, 6.07) is 0. The fraction of sp³-hybridized carbons (Fsp3) is 0.615. The van der Waals surface area contributed by atoms with Crippen molar-refractivity contribution in [3.8, 4) is 5.88 Å². The molecule has 8 nitrogen and oxygen atoms in total. The summed E-state index contributed by atoms with van der Waals surface area (Å²) in [5.74, 6) is -0.708. The highest BCUT2D eigenvalue weighted by molar-refractivity contribution is 5.76. The average Bonchev–Trinajstić information content (AvgIpc) is 2.48. The number of aromatic hydroxyl groups is 1. The fourth-order valence-corrected chi connectivity index (χ4v) is 1.36. The number of rotatable bonds is 0. The van der Waals surface area contributed by atoms with Gasteiger partial charge in [0.15, 0.2) is 0 Å². The zero-order chi connectivity index (χ0) is 16.6. The summed E-state index contributed by atoms with van der Waals surface area (Å²) in [5, 5.41) is 9.66. The Hall–Kier alpha value is -2.25. The van der Waals surface area contributed by atoms with Crippen molar-refractivity contribution >= 4 is 12.2 Å². The number of aromatic nitrogens is 2. The Morgan fingerprint density at radius 1 is 1.00 bits per heavy atom. The van der Waals surface area contributed by atoms with E-state index in [1.165, 1.54) is 0 Å². The molecule has 0 aliphatic rings. The molecule has 0 aliphatic heterocycles. The van der Waals surface area contributed by atoms with Crippen LogP contribution >= 0.6 is 0 Å². The molecule has 0 radical (unpaired) electrons. The van der Waals surface area contributed by atoms with E-state index in [9.17, 15) is 19.5 Å². The molecule has 0 unspecified atom stereocenters. The molecule has 0 aromatic carbocycles. The monoisotopic (exact) mass is 300 g/mol. The van der Waals surface area contributed by atoms with Crippen molar-refractivity contribution in [3.05, 3.63) is 16.7 Å². The fourth-order valence-electron chi connectivity index (χ4n) is 1.36. The molecule has 0 saturated carbocycles. The second-order valence-electron chi connectivity index (χ2n) is 6.44. The van der Waals surface area contributed by atoms with Gasteiger partial charge in [0.25, 0.3) is 0 Å². The van der Waals surface area contributed by atoms with E-state index in [-0.39, 0.29) is 0 Å². The van der Waals surface area contributed by atoms with E-state index < -0.39 is 35.0 Å². The van der Waals surface area contributed by atoms with Crippen molar-refractivity contribution in [2.24, 2.45) is 0 Å². The van der Waals surface area contributed by atoms with Gasteiger partial charge in [0.05, 0.1) is 6.20 Å². The minimum atomic E-state index is -1.08. The highest BCUT2D eigenvalue weighted by Crippen LogP contribution is 2.14. The minimum absolute atomic E-state index is 0.356. The van der Waals surface area contributed by atoms with Crippen molar-refractivity contribution in [2.75, 3.05) is 0 Å². The molecule has 1 N–H and O–H groups in total. The van der Waals surface area contributed by atoms with Gasteiger partial charge in [-0.25, -0.2) is 14.4 Å². The molecule has 0 aliphatic carbocycles. The summed E-state index contributed by atoms with van der Waals surface area (Å²) in [7, 11) is 0. The lowest BCUT2D eigenvalue weighted by atomic mass is 10.2. The number of imidazole rings is 1. The molecule has 0 saturated heterocycles. The Labute approximate surface area is 121 Å². The van der Waals surface area contributed by atoms with E-state index in [1.54, 1.807) is 41.5 Å².